The van der Waals surface area contributed by atoms with Crippen LogP contribution in [0.2, 0.25) is 0 Å². The van der Waals surface area contributed by atoms with Crippen LogP contribution in [0.5, 0.6) is 0 Å². The molecule has 3 aliphatic heterocycles. The average Bonchev–Trinajstić information content (AvgIpc) is 3.34. The van der Waals surface area contributed by atoms with Crippen LogP contribution in [0, 0.1) is 17.8 Å². The normalized spacial score (nSPS) is 38.1. The molecular weight excluding hydrogens is 1000 g/mol. The van der Waals surface area contributed by atoms with Gasteiger partial charge in [0.05, 0.1) is 80.1 Å². The van der Waals surface area contributed by atoms with Crippen molar-refractivity contribution in [3.8, 4) is 0 Å². The van der Waals surface area contributed by atoms with Crippen molar-refractivity contribution in [2.75, 3.05) is 12.3 Å². The maximum atomic E-state index is 13.3. The van der Waals surface area contributed by atoms with E-state index in [4.69, 9.17) is 30.4 Å². The zero-order valence-electron chi connectivity index (χ0n) is 44.0. The quantitative estimate of drug-likeness (QED) is 0.0910. The van der Waals surface area contributed by atoms with E-state index in [0.29, 0.717) is 17.7 Å². The summed E-state index contributed by atoms with van der Waals surface area (Å²) in [7, 11) is 0. The molecule has 0 spiro atoms. The topological polar surface area (TPSA) is 363 Å². The fraction of sp³-hybridized carbons (Fsp3) is 0.596. The van der Waals surface area contributed by atoms with Gasteiger partial charge in [0, 0.05) is 42.9 Å². The second-order valence-corrected chi connectivity index (χ2v) is 20.8. The lowest BCUT2D eigenvalue weighted by Gasteiger charge is -2.45. The number of benzene rings is 1. The smallest absolute Gasteiger partial charge is 0.311 e. The van der Waals surface area contributed by atoms with Crippen molar-refractivity contribution in [2.24, 2.45) is 23.5 Å². The number of ketones is 1. The molecule has 18 atom stereocenters. The Bertz CT molecular complexity index is 2160. The summed E-state index contributed by atoms with van der Waals surface area (Å²) in [4.78, 5) is 38.6. The first-order valence-electron chi connectivity index (χ1n) is 26.6. The minimum atomic E-state index is -2.28. The first-order valence-corrected chi connectivity index (χ1v) is 26.6. The van der Waals surface area contributed by atoms with E-state index in [1.807, 2.05) is 19.9 Å². The van der Waals surface area contributed by atoms with Gasteiger partial charge in [-0.25, -0.2) is 0 Å². The molecule has 4 rings (SSSR count). The fourth-order valence-corrected chi connectivity index (χ4v) is 9.70. The Morgan fingerprint density at radius 1 is 0.740 bits per heavy atom. The zero-order valence-corrected chi connectivity index (χ0v) is 44.0. The second-order valence-electron chi connectivity index (χ2n) is 20.8. The number of hydrogen-bond acceptors (Lipinski definition) is 19. The van der Waals surface area contributed by atoms with E-state index in [0.717, 1.165) is 0 Å². The number of nitrogens with two attached hydrogens (primary N) is 2. The molecule has 1 aromatic rings. The van der Waals surface area contributed by atoms with Crippen molar-refractivity contribution in [1.29, 1.82) is 0 Å². The number of carboxylic acid groups (broad SMARTS) is 1. The zero-order chi connectivity index (χ0) is 56.7. The highest BCUT2D eigenvalue weighted by Crippen LogP contribution is 2.38. The monoisotopic (exact) mass is 1080 g/mol. The summed E-state index contributed by atoms with van der Waals surface area (Å²) in [6.07, 6.45) is 6.88. The molecule has 20 nitrogen and oxygen atoms in total. The fourth-order valence-electron chi connectivity index (χ4n) is 9.70. The van der Waals surface area contributed by atoms with Crippen molar-refractivity contribution >= 4 is 23.4 Å². The highest BCUT2D eigenvalue weighted by atomic mass is 16.7. The molecule has 20 heteroatoms. The van der Waals surface area contributed by atoms with Gasteiger partial charge in [0.15, 0.2) is 17.9 Å². The summed E-state index contributed by atoms with van der Waals surface area (Å²) in [6, 6.07) is 5.32. The highest BCUT2D eigenvalue weighted by Gasteiger charge is 2.50. The molecule has 14 unspecified atom stereocenters. The number of carbonyl (C=O) groups is 3. The highest BCUT2D eigenvalue weighted by molar-refractivity contribution is 5.96. The maximum absolute atomic E-state index is 13.3. The third-order valence-electron chi connectivity index (χ3n) is 13.9. The Kier molecular flexibility index (Phi) is 27.7. The van der Waals surface area contributed by atoms with Gasteiger partial charge in [0.1, 0.15) is 18.1 Å². The van der Waals surface area contributed by atoms with Crippen LogP contribution in [-0.2, 0) is 28.5 Å². The van der Waals surface area contributed by atoms with Crippen LogP contribution in [0.4, 0.5) is 5.69 Å². The van der Waals surface area contributed by atoms with Gasteiger partial charge in [-0.15, -0.1) is 0 Å². The van der Waals surface area contributed by atoms with Crippen molar-refractivity contribution in [2.45, 2.75) is 189 Å². The van der Waals surface area contributed by atoms with Crippen molar-refractivity contribution in [3.05, 3.63) is 115 Å². The number of aliphatic carboxylic acids is 1. The van der Waals surface area contributed by atoms with Gasteiger partial charge >= 0.3 is 11.9 Å². The molecule has 0 aromatic heterocycles. The van der Waals surface area contributed by atoms with Gasteiger partial charge in [0.2, 0.25) is 0 Å². The Morgan fingerprint density at radius 2 is 1.30 bits per heavy atom. The van der Waals surface area contributed by atoms with Crippen molar-refractivity contribution in [1.82, 2.24) is 0 Å². The number of cyclic esters (lactones) is 1. The third-order valence-corrected chi connectivity index (χ3v) is 13.9. The van der Waals surface area contributed by atoms with Gasteiger partial charge in [-0.3, -0.25) is 14.4 Å². The number of rotatable bonds is 10. The van der Waals surface area contributed by atoms with Crippen LogP contribution < -0.4 is 11.5 Å². The molecule has 2 saturated heterocycles. The second kappa shape index (κ2) is 33.0. The van der Waals surface area contributed by atoms with Gasteiger partial charge in [-0.2, -0.15) is 0 Å². The predicted molar refractivity (Wildman–Crippen MR) is 285 cm³/mol. The Balaban J connectivity index is 1.51. The minimum Gasteiger partial charge on any atom is -0.481 e. The first-order chi connectivity index (χ1) is 36.5. The molecule has 3 heterocycles. The van der Waals surface area contributed by atoms with E-state index in [1.165, 1.54) is 6.08 Å². The van der Waals surface area contributed by atoms with Crippen LogP contribution >= 0.6 is 0 Å². The number of hydrogen-bond donors (Lipinski definition) is 13. The number of carbonyl (C=O) groups excluding carboxylic acids is 2. The molecule has 0 radical (unpaired) electrons. The van der Waals surface area contributed by atoms with E-state index in [1.54, 1.807) is 97.2 Å². The summed E-state index contributed by atoms with van der Waals surface area (Å²) < 4.78 is 23.5. The lowest BCUT2D eigenvalue weighted by Crippen LogP contribution is -2.59. The van der Waals surface area contributed by atoms with Crippen LogP contribution in [-0.4, -0.2) is 172 Å². The molecule has 1 aromatic carbocycles. The van der Waals surface area contributed by atoms with Crippen LogP contribution in [0.1, 0.15) is 108 Å². The number of aliphatic hydroxyl groups excluding tert-OH is 9. The molecule has 2 bridgehead atoms. The number of aliphatic hydroxyl groups is 10. The third kappa shape index (κ3) is 23.2. The van der Waals surface area contributed by atoms with Crippen LogP contribution in [0.3, 0.4) is 0 Å². The molecule has 77 heavy (non-hydrogen) atoms. The number of carboxylic acids is 1. The SMILES string of the molecule is CC1/C=C/C=C/C=C\C=C/C=C/C=C/C=C/C(OC2OC[C@@H](O)[C@H](N)[C@H]2O)C[C@@H]2OC(O)(CC(O)CC(O)CC(O)CCCC(O)CC(O)CC(=O)OC1C(C)CCC(O)CC(=O)c1ccc(N)cc1)CC(O)C2C(=O)O. The maximum Gasteiger partial charge on any atom is 0.311 e. The van der Waals surface area contributed by atoms with Crippen LogP contribution in [0.15, 0.2) is 109 Å². The van der Waals surface area contributed by atoms with Crippen molar-refractivity contribution in [3.63, 3.8) is 0 Å². The molecule has 430 valence electrons. The first kappa shape index (κ1) is 64.8. The van der Waals surface area contributed by atoms with E-state index in [-0.39, 0.29) is 82.0 Å². The van der Waals surface area contributed by atoms with E-state index in [2.05, 4.69) is 0 Å². The molecule has 0 aliphatic carbocycles. The molecular formula is C57H84N2O18. The summed E-state index contributed by atoms with van der Waals surface area (Å²) in [6.45, 7) is 3.49. The summed E-state index contributed by atoms with van der Waals surface area (Å²) in [5, 5.41) is 119. The van der Waals surface area contributed by atoms with Gasteiger partial charge < -0.3 is 86.6 Å². The standard InChI is InChI=1S/C57H84N2O18/c1-35-16-13-11-9-7-5-3-4-6-8-10-12-14-19-45(75-56-53(70)52(59)48(68)34-74-56)31-49-51(55(71)72)47(67)33-57(73,77-49)32-44(65)28-42(63)26-39(60)17-15-18-40(61)27-43(64)30-50(69)76-54(35)36(2)20-25-41(62)29-46(66)37-21-23-38(58)24-22-37/h3-14,16,19,21-24,35-36,39-45,47-49,51-54,56,60-65,67-68,70,73H,15,17-18,20,25-34,58-59H2,1-2H3,(H,71,72)/b4-3-,7-5-,8-6+,11-9+,12-10+,16-13+,19-14+/t35?,36?,39?,40?,41?,42?,43?,44?,45?,47?,48-,49+,51?,52+,53-,54?,56?,57?/m1/s1. The lowest BCUT2D eigenvalue weighted by atomic mass is 9.82. The molecule has 0 saturated carbocycles. The van der Waals surface area contributed by atoms with Crippen molar-refractivity contribution < 1.29 is 89.5 Å². The van der Waals surface area contributed by atoms with Gasteiger partial charge in [-0.05, 0) is 81.5 Å². The average molecular weight is 1090 g/mol. The number of allylic oxidation sites excluding steroid dienone is 12. The van der Waals surface area contributed by atoms with Gasteiger partial charge in [-0.1, -0.05) is 98.9 Å². The number of nitrogen functional groups attached to an aromatic ring is 1. The Morgan fingerprint density at radius 3 is 1.90 bits per heavy atom. The van der Waals surface area contributed by atoms with E-state index in [9.17, 15) is 70.6 Å². The van der Waals surface area contributed by atoms with E-state index >= 15 is 0 Å². The Hall–Kier alpha value is -4.75. The van der Waals surface area contributed by atoms with Crippen LogP contribution in [0.25, 0.3) is 0 Å². The Labute approximate surface area is 451 Å². The molecule has 3 aliphatic rings. The molecule has 2 fully saturated rings. The molecule has 0 amide bonds. The summed E-state index contributed by atoms with van der Waals surface area (Å²) >= 11 is 0. The lowest BCUT2D eigenvalue weighted by molar-refractivity contribution is -0.305. The summed E-state index contributed by atoms with van der Waals surface area (Å²) in [5.74, 6) is -6.81. The summed E-state index contributed by atoms with van der Waals surface area (Å²) in [5.41, 5.74) is 12.7. The number of anilines is 1. The number of ether oxygens (including phenoxy) is 4. The number of Topliss-reactive ketones (excluding diaryl/α,β-unsaturated/α-hetero) is 1. The van der Waals surface area contributed by atoms with E-state index < -0.39 is 128 Å². The largest absolute Gasteiger partial charge is 0.481 e. The predicted octanol–water partition coefficient (Wildman–Crippen LogP) is 2.72. The number of esters is 1. The minimum absolute atomic E-state index is 0.101. The molecule has 15 N–H and O–H groups in total. The van der Waals surface area contributed by atoms with Gasteiger partial charge in [0.25, 0.3) is 0 Å². The number of fused-ring (bicyclic) bond motifs is 2.